The van der Waals surface area contributed by atoms with E-state index in [4.69, 9.17) is 0 Å². The van der Waals surface area contributed by atoms with Crippen molar-refractivity contribution in [1.82, 2.24) is 4.98 Å². The predicted octanol–water partition coefficient (Wildman–Crippen LogP) is 3.80. The van der Waals surface area contributed by atoms with Crippen LogP contribution in [0.5, 0.6) is 0 Å². The van der Waals surface area contributed by atoms with E-state index in [1.807, 2.05) is 30.5 Å². The van der Waals surface area contributed by atoms with Gasteiger partial charge in [0.25, 0.3) is 0 Å². The zero-order chi connectivity index (χ0) is 16.8. The van der Waals surface area contributed by atoms with Crippen LogP contribution in [0.2, 0.25) is 0 Å². The van der Waals surface area contributed by atoms with E-state index in [1.165, 1.54) is 12.1 Å². The van der Waals surface area contributed by atoms with Gasteiger partial charge in [0.05, 0.1) is 5.75 Å². The van der Waals surface area contributed by atoms with Crippen LogP contribution in [0.4, 0.5) is 11.4 Å². The van der Waals surface area contributed by atoms with Gasteiger partial charge in [0.2, 0.25) is 5.91 Å². The minimum Gasteiger partial charge on any atom is -0.371 e. The summed E-state index contributed by atoms with van der Waals surface area (Å²) < 4.78 is 0. The number of amides is 1. The zero-order valence-corrected chi connectivity index (χ0v) is 14.8. The first-order valence-corrected chi connectivity index (χ1v) is 9.47. The lowest BCUT2D eigenvalue weighted by Crippen LogP contribution is -2.19. The summed E-state index contributed by atoms with van der Waals surface area (Å²) in [4.78, 5) is 18.5. The predicted molar refractivity (Wildman–Crippen MR) is 101 cm³/mol. The van der Waals surface area contributed by atoms with E-state index in [9.17, 15) is 4.79 Å². The molecule has 24 heavy (non-hydrogen) atoms. The molecule has 2 heterocycles. The summed E-state index contributed by atoms with van der Waals surface area (Å²) in [7, 11) is 0. The molecule has 0 aliphatic carbocycles. The minimum absolute atomic E-state index is 0.0337. The SMILES string of the molecule is C[C@@H]1CCN(c2ccc(NC(=O)CSCc3cccnc3)cc2)C1. The summed E-state index contributed by atoms with van der Waals surface area (Å²) in [5, 5.41) is 2.96. The lowest BCUT2D eigenvalue weighted by molar-refractivity contribution is -0.113. The molecule has 2 aromatic rings. The average Bonchev–Trinajstić information content (AvgIpc) is 3.03. The van der Waals surface area contributed by atoms with Gasteiger partial charge in [-0.1, -0.05) is 13.0 Å². The third-order valence-corrected chi connectivity index (χ3v) is 5.17. The molecule has 1 aromatic carbocycles. The number of thioether (sulfide) groups is 1. The highest BCUT2D eigenvalue weighted by molar-refractivity contribution is 7.99. The molecule has 0 radical (unpaired) electrons. The molecule has 0 unspecified atom stereocenters. The Hall–Kier alpha value is -2.01. The average molecular weight is 341 g/mol. The van der Waals surface area contributed by atoms with Crippen LogP contribution in [0.1, 0.15) is 18.9 Å². The molecule has 0 bridgehead atoms. The second-order valence-electron chi connectivity index (χ2n) is 6.29. The molecule has 1 aliphatic rings. The Kier molecular flexibility index (Phi) is 5.75. The maximum atomic E-state index is 12.0. The Balaban J connectivity index is 1.44. The molecule has 3 rings (SSSR count). The lowest BCUT2D eigenvalue weighted by atomic mass is 10.2. The number of nitrogens with zero attached hydrogens (tertiary/aromatic N) is 2. The highest BCUT2D eigenvalue weighted by Gasteiger charge is 2.18. The topological polar surface area (TPSA) is 45.2 Å². The lowest BCUT2D eigenvalue weighted by Gasteiger charge is -2.18. The maximum absolute atomic E-state index is 12.0. The van der Waals surface area contributed by atoms with E-state index >= 15 is 0 Å². The fourth-order valence-electron chi connectivity index (χ4n) is 2.87. The van der Waals surface area contributed by atoms with E-state index in [2.05, 4.69) is 34.3 Å². The molecule has 0 saturated carbocycles. The summed E-state index contributed by atoms with van der Waals surface area (Å²) in [5.41, 5.74) is 3.24. The molecule has 1 fully saturated rings. The van der Waals surface area contributed by atoms with Gasteiger partial charge in [0, 0.05) is 42.6 Å². The highest BCUT2D eigenvalue weighted by atomic mass is 32.2. The molecule has 1 amide bonds. The van der Waals surface area contributed by atoms with E-state index < -0.39 is 0 Å². The maximum Gasteiger partial charge on any atom is 0.234 e. The van der Waals surface area contributed by atoms with Crippen LogP contribution < -0.4 is 10.2 Å². The molecule has 1 N–H and O–H groups in total. The number of carbonyl (C=O) groups is 1. The Labute approximate surface area is 147 Å². The van der Waals surface area contributed by atoms with Gasteiger partial charge in [0.1, 0.15) is 0 Å². The van der Waals surface area contributed by atoms with Crippen LogP contribution >= 0.6 is 11.8 Å². The second-order valence-corrected chi connectivity index (χ2v) is 7.27. The Morgan fingerprint density at radius 3 is 2.83 bits per heavy atom. The number of carbonyl (C=O) groups excluding carboxylic acids is 1. The Bertz CT molecular complexity index is 660. The first-order chi connectivity index (χ1) is 11.7. The van der Waals surface area contributed by atoms with Gasteiger partial charge in [-0.25, -0.2) is 0 Å². The van der Waals surface area contributed by atoms with Crippen LogP contribution in [-0.4, -0.2) is 29.7 Å². The summed E-state index contributed by atoms with van der Waals surface area (Å²) in [6.07, 6.45) is 4.85. The quantitative estimate of drug-likeness (QED) is 0.868. The number of hydrogen-bond donors (Lipinski definition) is 1. The van der Waals surface area contributed by atoms with Gasteiger partial charge < -0.3 is 10.2 Å². The van der Waals surface area contributed by atoms with Crippen LogP contribution in [0.15, 0.2) is 48.8 Å². The van der Waals surface area contributed by atoms with E-state index in [0.29, 0.717) is 5.75 Å². The summed E-state index contributed by atoms with van der Waals surface area (Å²) in [6.45, 7) is 4.53. The van der Waals surface area contributed by atoms with Crippen LogP contribution in [0, 0.1) is 5.92 Å². The molecular weight excluding hydrogens is 318 g/mol. The summed E-state index contributed by atoms with van der Waals surface area (Å²) >= 11 is 1.60. The largest absolute Gasteiger partial charge is 0.371 e. The van der Waals surface area contributed by atoms with Gasteiger partial charge in [0.15, 0.2) is 0 Å². The first-order valence-electron chi connectivity index (χ1n) is 8.32. The summed E-state index contributed by atoms with van der Waals surface area (Å²) in [6, 6.07) is 12.1. The summed E-state index contributed by atoms with van der Waals surface area (Å²) in [5.74, 6) is 2.04. The monoisotopic (exact) mass is 341 g/mol. The molecule has 1 saturated heterocycles. The Morgan fingerprint density at radius 1 is 1.33 bits per heavy atom. The molecule has 5 heteroatoms. The molecule has 126 valence electrons. The third-order valence-electron chi connectivity index (χ3n) is 4.16. The number of pyridine rings is 1. The van der Waals surface area contributed by atoms with Gasteiger partial charge in [-0.15, -0.1) is 11.8 Å². The van der Waals surface area contributed by atoms with Crippen molar-refractivity contribution in [2.45, 2.75) is 19.1 Å². The number of anilines is 2. The van der Waals surface area contributed by atoms with Crippen LogP contribution in [0.25, 0.3) is 0 Å². The van der Waals surface area contributed by atoms with Crippen LogP contribution in [-0.2, 0) is 10.5 Å². The molecule has 4 nitrogen and oxygen atoms in total. The smallest absolute Gasteiger partial charge is 0.234 e. The van der Waals surface area contributed by atoms with Crippen molar-refractivity contribution in [2.24, 2.45) is 5.92 Å². The van der Waals surface area contributed by atoms with E-state index in [-0.39, 0.29) is 5.91 Å². The number of hydrogen-bond acceptors (Lipinski definition) is 4. The van der Waals surface area contributed by atoms with E-state index in [1.54, 1.807) is 18.0 Å². The van der Waals surface area contributed by atoms with Crippen molar-refractivity contribution in [3.63, 3.8) is 0 Å². The minimum atomic E-state index is 0.0337. The van der Waals surface area contributed by atoms with Crippen molar-refractivity contribution in [1.29, 1.82) is 0 Å². The normalized spacial score (nSPS) is 17.0. The van der Waals surface area contributed by atoms with Gasteiger partial charge >= 0.3 is 0 Å². The molecule has 0 spiro atoms. The van der Waals surface area contributed by atoms with Crippen molar-refractivity contribution in [2.75, 3.05) is 29.1 Å². The zero-order valence-electron chi connectivity index (χ0n) is 13.9. The molecule has 1 aliphatic heterocycles. The van der Waals surface area contributed by atoms with Gasteiger partial charge in [-0.05, 0) is 48.2 Å². The Morgan fingerprint density at radius 2 is 2.17 bits per heavy atom. The fraction of sp³-hybridized carbons (Fsp3) is 0.368. The number of aromatic nitrogens is 1. The third kappa shape index (κ3) is 4.74. The van der Waals surface area contributed by atoms with Crippen molar-refractivity contribution in [3.05, 3.63) is 54.4 Å². The second kappa shape index (κ2) is 8.20. The van der Waals surface area contributed by atoms with Crippen molar-refractivity contribution < 1.29 is 4.79 Å². The van der Waals surface area contributed by atoms with Gasteiger partial charge in [-0.2, -0.15) is 0 Å². The molecular formula is C19H23N3OS. The standard InChI is InChI=1S/C19H23N3OS/c1-15-8-10-22(12-15)18-6-4-17(5-7-18)21-19(23)14-24-13-16-3-2-9-20-11-16/h2-7,9,11,15H,8,10,12-14H2,1H3,(H,21,23)/t15-/m1/s1. The first kappa shape index (κ1) is 16.8. The molecule has 1 atom stereocenters. The van der Waals surface area contributed by atoms with Gasteiger partial charge in [-0.3, -0.25) is 9.78 Å². The van der Waals surface area contributed by atoms with Crippen molar-refractivity contribution in [3.8, 4) is 0 Å². The molecule has 1 aromatic heterocycles. The number of benzene rings is 1. The number of nitrogens with one attached hydrogen (secondary N) is 1. The van der Waals surface area contributed by atoms with E-state index in [0.717, 1.165) is 36.0 Å². The van der Waals surface area contributed by atoms with Crippen LogP contribution in [0.3, 0.4) is 0 Å². The fourth-order valence-corrected chi connectivity index (χ4v) is 3.63. The number of rotatable bonds is 6. The van der Waals surface area contributed by atoms with Crippen molar-refractivity contribution >= 4 is 29.0 Å². The highest BCUT2D eigenvalue weighted by Crippen LogP contribution is 2.24.